The predicted molar refractivity (Wildman–Crippen MR) is 64.0 cm³/mol. The number of halogens is 1. The Balaban J connectivity index is 0.00000108. The molecule has 3 unspecified atom stereocenters. The zero-order valence-electron chi connectivity index (χ0n) is 10.8. The fraction of sp³-hybridized carbons (Fsp3) is 0.929. The van der Waals surface area contributed by atoms with E-state index in [1.54, 1.807) is 0 Å². The molecule has 0 N–H and O–H groups in total. The summed E-state index contributed by atoms with van der Waals surface area (Å²) < 4.78 is 1.21. The molecule has 2 saturated carbocycles. The van der Waals surface area contributed by atoms with Crippen LogP contribution in [-0.4, -0.2) is 36.4 Å². The third-order valence-corrected chi connectivity index (χ3v) is 5.51. The lowest BCUT2D eigenvalue weighted by atomic mass is 9.81. The lowest BCUT2D eigenvalue weighted by Crippen LogP contribution is -3.00. The van der Waals surface area contributed by atoms with Crippen molar-refractivity contribution in [1.29, 1.82) is 0 Å². The number of fused-ring (bicyclic) bond motifs is 2. The standard InChI is InChI=1S/C14H24NO.HI/c1-15(9-3-2-4-10-15)13-8-6-11-5-7-12(13)14(11)16;/h11-13H,2-10H2,1H3;1H/q+1;/p-1. The van der Waals surface area contributed by atoms with Crippen molar-refractivity contribution in [2.75, 3.05) is 20.1 Å². The summed E-state index contributed by atoms with van der Waals surface area (Å²) in [6, 6.07) is 0.673. The third-order valence-electron chi connectivity index (χ3n) is 5.51. The van der Waals surface area contributed by atoms with Crippen LogP contribution in [0.5, 0.6) is 0 Å². The Morgan fingerprint density at radius 2 is 1.65 bits per heavy atom. The van der Waals surface area contributed by atoms with Crippen LogP contribution >= 0.6 is 0 Å². The molecule has 2 aliphatic carbocycles. The molecule has 1 saturated heterocycles. The first-order valence-corrected chi connectivity index (χ1v) is 7.09. The summed E-state index contributed by atoms with van der Waals surface area (Å²) >= 11 is 0. The Kier molecular flexibility index (Phi) is 4.18. The third kappa shape index (κ3) is 2.29. The molecule has 3 rings (SSSR count). The van der Waals surface area contributed by atoms with Crippen LogP contribution in [0.1, 0.15) is 44.9 Å². The van der Waals surface area contributed by atoms with Gasteiger partial charge in [-0.2, -0.15) is 0 Å². The molecule has 2 nitrogen and oxygen atoms in total. The maximum Gasteiger partial charge on any atom is 0.144 e. The highest BCUT2D eigenvalue weighted by atomic mass is 127. The number of ketones is 1. The fourth-order valence-corrected chi connectivity index (χ4v) is 4.52. The molecule has 3 atom stereocenters. The second-order valence-corrected chi connectivity index (χ2v) is 6.42. The second-order valence-electron chi connectivity index (χ2n) is 6.42. The van der Waals surface area contributed by atoms with Crippen molar-refractivity contribution in [3.05, 3.63) is 0 Å². The van der Waals surface area contributed by atoms with Gasteiger partial charge >= 0.3 is 0 Å². The van der Waals surface area contributed by atoms with Gasteiger partial charge in [0.1, 0.15) is 5.78 Å². The lowest BCUT2D eigenvalue weighted by molar-refractivity contribution is -0.940. The first kappa shape index (κ1) is 13.8. The summed E-state index contributed by atoms with van der Waals surface area (Å²) in [6.45, 7) is 2.64. The van der Waals surface area contributed by atoms with E-state index in [4.69, 9.17) is 0 Å². The first-order valence-electron chi connectivity index (χ1n) is 7.09. The zero-order valence-corrected chi connectivity index (χ0v) is 13.0. The van der Waals surface area contributed by atoms with Crippen molar-refractivity contribution in [3.63, 3.8) is 0 Å². The molecular weight excluding hydrogens is 325 g/mol. The van der Waals surface area contributed by atoms with E-state index in [0.717, 1.165) is 0 Å². The number of hydrogen-bond acceptors (Lipinski definition) is 1. The Morgan fingerprint density at radius 3 is 2.35 bits per heavy atom. The van der Waals surface area contributed by atoms with Crippen molar-refractivity contribution >= 4 is 5.78 Å². The highest BCUT2D eigenvalue weighted by Crippen LogP contribution is 2.43. The Labute approximate surface area is 122 Å². The van der Waals surface area contributed by atoms with Gasteiger partial charge in [-0.15, -0.1) is 0 Å². The minimum absolute atomic E-state index is 0. The molecule has 98 valence electrons. The van der Waals surface area contributed by atoms with Gasteiger partial charge in [-0.05, 0) is 38.5 Å². The van der Waals surface area contributed by atoms with Gasteiger partial charge in [0.05, 0.1) is 32.1 Å². The van der Waals surface area contributed by atoms with Crippen molar-refractivity contribution < 1.29 is 33.3 Å². The quantitative estimate of drug-likeness (QED) is 0.456. The molecule has 0 spiro atoms. The number of rotatable bonds is 1. The van der Waals surface area contributed by atoms with E-state index in [1.807, 2.05) is 0 Å². The normalized spacial score (nSPS) is 39.8. The molecule has 3 fully saturated rings. The van der Waals surface area contributed by atoms with Crippen LogP contribution in [-0.2, 0) is 4.79 Å². The molecule has 1 heterocycles. The molecule has 3 aliphatic rings. The number of carbonyl (C=O) groups is 1. The van der Waals surface area contributed by atoms with Crippen LogP contribution in [0.2, 0.25) is 0 Å². The van der Waals surface area contributed by atoms with Gasteiger partial charge in [-0.1, -0.05) is 0 Å². The molecule has 2 bridgehead atoms. The Hall–Kier alpha value is 0.360. The molecule has 17 heavy (non-hydrogen) atoms. The van der Waals surface area contributed by atoms with Gasteiger partial charge in [0.25, 0.3) is 0 Å². The van der Waals surface area contributed by atoms with E-state index < -0.39 is 0 Å². The van der Waals surface area contributed by atoms with Crippen molar-refractivity contribution in [1.82, 2.24) is 0 Å². The number of nitrogens with zero attached hydrogens (tertiary/aromatic N) is 1. The lowest BCUT2D eigenvalue weighted by Gasteiger charge is -2.47. The van der Waals surface area contributed by atoms with Crippen molar-refractivity contribution in [2.24, 2.45) is 11.8 Å². The summed E-state index contributed by atoms with van der Waals surface area (Å²) in [5, 5.41) is 0. The number of likely N-dealkylation sites (tertiary alicyclic amines) is 1. The number of Topliss-reactive ketones (excluding diaryl/α,β-unsaturated/α-hetero) is 1. The molecule has 0 aromatic heterocycles. The molecule has 1 aliphatic heterocycles. The SMILES string of the molecule is C[N+]1(C2CCC3CCC2C3=O)CCCCC1.[I-]. The summed E-state index contributed by atoms with van der Waals surface area (Å²) in [5.41, 5.74) is 0. The van der Waals surface area contributed by atoms with Gasteiger partial charge in [0.2, 0.25) is 0 Å². The summed E-state index contributed by atoms with van der Waals surface area (Å²) in [4.78, 5) is 12.2. The fourth-order valence-electron chi connectivity index (χ4n) is 4.52. The van der Waals surface area contributed by atoms with Gasteiger partial charge < -0.3 is 28.5 Å². The monoisotopic (exact) mass is 349 g/mol. The molecule has 0 aromatic carbocycles. The minimum Gasteiger partial charge on any atom is -1.00 e. The summed E-state index contributed by atoms with van der Waals surface area (Å²) in [7, 11) is 2.41. The Bertz CT molecular complexity index is 299. The van der Waals surface area contributed by atoms with Gasteiger partial charge in [0, 0.05) is 12.3 Å². The van der Waals surface area contributed by atoms with E-state index in [9.17, 15) is 4.79 Å². The predicted octanol–water partition coefficient (Wildman–Crippen LogP) is -0.621. The molecular formula is C14H24INO. The van der Waals surface area contributed by atoms with Crippen molar-refractivity contribution in [2.45, 2.75) is 51.0 Å². The smallest absolute Gasteiger partial charge is 0.144 e. The summed E-state index contributed by atoms with van der Waals surface area (Å²) in [5.74, 6) is 1.51. The van der Waals surface area contributed by atoms with Crippen molar-refractivity contribution in [3.8, 4) is 0 Å². The number of carbonyl (C=O) groups excluding carboxylic acids is 1. The van der Waals surface area contributed by atoms with Gasteiger partial charge in [0.15, 0.2) is 0 Å². The second kappa shape index (κ2) is 5.16. The zero-order chi connectivity index (χ0) is 11.2. The van der Waals surface area contributed by atoms with Crippen LogP contribution < -0.4 is 24.0 Å². The van der Waals surface area contributed by atoms with Crippen LogP contribution in [0.3, 0.4) is 0 Å². The number of piperidine rings is 1. The van der Waals surface area contributed by atoms with Gasteiger partial charge in [-0.3, -0.25) is 4.79 Å². The van der Waals surface area contributed by atoms with Crippen LogP contribution in [0, 0.1) is 11.8 Å². The largest absolute Gasteiger partial charge is 1.00 e. The van der Waals surface area contributed by atoms with E-state index in [0.29, 0.717) is 23.7 Å². The maximum absolute atomic E-state index is 12.2. The average molecular weight is 349 g/mol. The minimum atomic E-state index is 0. The van der Waals surface area contributed by atoms with E-state index in [1.165, 1.54) is 62.5 Å². The highest BCUT2D eigenvalue weighted by molar-refractivity contribution is 5.86. The molecule has 0 aromatic rings. The van der Waals surface area contributed by atoms with Crippen LogP contribution in [0.25, 0.3) is 0 Å². The Morgan fingerprint density at radius 1 is 1.00 bits per heavy atom. The van der Waals surface area contributed by atoms with E-state index >= 15 is 0 Å². The highest BCUT2D eigenvalue weighted by Gasteiger charge is 2.50. The van der Waals surface area contributed by atoms with Gasteiger partial charge in [-0.25, -0.2) is 0 Å². The number of hydrogen-bond donors (Lipinski definition) is 0. The molecule has 0 amide bonds. The summed E-state index contributed by atoms with van der Waals surface area (Å²) in [6.07, 6.45) is 9.05. The average Bonchev–Trinajstić information content (AvgIpc) is 2.53. The van der Waals surface area contributed by atoms with Crippen LogP contribution in [0.4, 0.5) is 0 Å². The first-order chi connectivity index (χ1) is 7.71. The maximum atomic E-state index is 12.2. The molecule has 3 heteroatoms. The number of quaternary nitrogens is 1. The van der Waals surface area contributed by atoms with Crippen LogP contribution in [0.15, 0.2) is 0 Å². The van der Waals surface area contributed by atoms with E-state index in [2.05, 4.69) is 7.05 Å². The molecule has 0 radical (unpaired) electrons. The topological polar surface area (TPSA) is 17.1 Å². The van der Waals surface area contributed by atoms with E-state index in [-0.39, 0.29) is 24.0 Å².